The van der Waals surface area contributed by atoms with Crippen LogP contribution in [0.2, 0.25) is 0 Å². The maximum atomic E-state index is 13.1. The molecule has 3 heterocycles. The van der Waals surface area contributed by atoms with Gasteiger partial charge in [0.05, 0.1) is 11.4 Å². The van der Waals surface area contributed by atoms with E-state index in [1.807, 2.05) is 21.6 Å². The Hall–Kier alpha value is -3.45. The predicted molar refractivity (Wildman–Crippen MR) is 144 cm³/mol. The molecule has 5 rings (SSSR count). The van der Waals surface area contributed by atoms with Crippen molar-refractivity contribution < 1.29 is 4.79 Å². The second-order valence-electron chi connectivity index (χ2n) is 9.45. The molecular weight excluding hydrogens is 466 g/mol. The normalized spacial score (nSPS) is 14.2. The van der Waals surface area contributed by atoms with Crippen LogP contribution < -0.4 is 0 Å². The van der Waals surface area contributed by atoms with Crippen LogP contribution in [-0.4, -0.2) is 49.4 Å². The number of carbonyl (C=O) groups is 1. The molecule has 2 aromatic carbocycles. The van der Waals surface area contributed by atoms with Gasteiger partial charge in [-0.2, -0.15) is 0 Å². The summed E-state index contributed by atoms with van der Waals surface area (Å²) in [5.74, 6) is 1.90. The highest BCUT2D eigenvalue weighted by atomic mass is 32.2. The van der Waals surface area contributed by atoms with Crippen molar-refractivity contribution in [2.75, 3.05) is 18.8 Å². The average Bonchev–Trinajstić information content (AvgIpc) is 3.34. The van der Waals surface area contributed by atoms with Crippen molar-refractivity contribution in [3.05, 3.63) is 89.7 Å². The zero-order chi connectivity index (χ0) is 24.9. The van der Waals surface area contributed by atoms with Gasteiger partial charge < -0.3 is 4.90 Å². The van der Waals surface area contributed by atoms with E-state index >= 15 is 0 Å². The van der Waals surface area contributed by atoms with Gasteiger partial charge in [0.1, 0.15) is 0 Å². The number of hydrogen-bond donors (Lipinski definition) is 0. The summed E-state index contributed by atoms with van der Waals surface area (Å²) in [6, 6.07) is 20.8. The lowest BCUT2D eigenvalue weighted by Gasteiger charge is -2.32. The van der Waals surface area contributed by atoms with Gasteiger partial charge in [-0.05, 0) is 80.0 Å². The second-order valence-corrected chi connectivity index (χ2v) is 10.4. The van der Waals surface area contributed by atoms with Crippen LogP contribution in [0, 0.1) is 19.8 Å². The largest absolute Gasteiger partial charge is 0.342 e. The number of benzene rings is 2. The molecule has 2 aromatic heterocycles. The molecule has 0 unspecified atom stereocenters. The fourth-order valence-corrected chi connectivity index (χ4v) is 5.55. The summed E-state index contributed by atoms with van der Waals surface area (Å²) < 4.78 is 2.05. The number of aryl methyl sites for hydroxylation is 2. The minimum absolute atomic E-state index is 0.165. The van der Waals surface area contributed by atoms with Crippen LogP contribution in [0.25, 0.3) is 17.1 Å². The average molecular weight is 498 g/mol. The molecule has 0 saturated carbocycles. The minimum atomic E-state index is 0.165. The van der Waals surface area contributed by atoms with E-state index in [-0.39, 0.29) is 5.91 Å². The van der Waals surface area contributed by atoms with E-state index in [2.05, 4.69) is 77.6 Å². The number of pyridine rings is 1. The molecule has 1 saturated heterocycles. The molecule has 0 bridgehead atoms. The number of amides is 1. The smallest absolute Gasteiger partial charge is 0.233 e. The molecule has 6 nitrogen and oxygen atoms in total. The first-order chi connectivity index (χ1) is 17.6. The molecule has 1 fully saturated rings. The number of rotatable bonds is 7. The standard InChI is InChI=1S/C29H31N5OS/c1-21-8-9-26(18-22(21)2)34-28(25-10-14-30-15-11-25)31-32-29(34)36-20-27(35)33-16-12-24(13-17-33)19-23-6-4-3-5-7-23/h3-11,14-15,18,24H,12-13,16-17,19-20H2,1-2H3. The molecule has 0 radical (unpaired) electrons. The number of thioether (sulfide) groups is 1. The van der Waals surface area contributed by atoms with Gasteiger partial charge in [0.15, 0.2) is 11.0 Å². The number of piperidine rings is 1. The lowest BCUT2D eigenvalue weighted by atomic mass is 9.90. The zero-order valence-corrected chi connectivity index (χ0v) is 21.6. The maximum Gasteiger partial charge on any atom is 0.233 e. The monoisotopic (exact) mass is 497 g/mol. The Bertz CT molecular complexity index is 1310. The molecule has 1 amide bonds. The third-order valence-electron chi connectivity index (χ3n) is 6.98. The predicted octanol–water partition coefficient (Wildman–Crippen LogP) is 5.52. The van der Waals surface area contributed by atoms with E-state index in [0.717, 1.165) is 54.6 Å². The van der Waals surface area contributed by atoms with Gasteiger partial charge in [0, 0.05) is 31.0 Å². The second kappa shape index (κ2) is 11.1. The summed E-state index contributed by atoms with van der Waals surface area (Å²) in [4.78, 5) is 19.2. The van der Waals surface area contributed by atoms with Crippen molar-refractivity contribution in [2.45, 2.75) is 38.3 Å². The number of likely N-dealkylation sites (tertiary alicyclic amines) is 1. The Labute approximate surface area is 216 Å². The summed E-state index contributed by atoms with van der Waals surface area (Å²) in [5, 5.41) is 9.70. The number of aromatic nitrogens is 4. The van der Waals surface area contributed by atoms with Crippen LogP contribution in [0.5, 0.6) is 0 Å². The molecule has 0 spiro atoms. The Morgan fingerprint density at radius 2 is 1.69 bits per heavy atom. The number of hydrogen-bond acceptors (Lipinski definition) is 5. The molecule has 184 valence electrons. The third-order valence-corrected chi connectivity index (χ3v) is 7.89. The first-order valence-corrected chi connectivity index (χ1v) is 13.4. The van der Waals surface area contributed by atoms with E-state index in [9.17, 15) is 4.79 Å². The molecule has 0 aliphatic carbocycles. The highest BCUT2D eigenvalue weighted by Crippen LogP contribution is 2.29. The van der Waals surface area contributed by atoms with Gasteiger partial charge in [-0.25, -0.2) is 0 Å². The number of carbonyl (C=O) groups excluding carboxylic acids is 1. The van der Waals surface area contributed by atoms with Crippen molar-refractivity contribution in [2.24, 2.45) is 5.92 Å². The van der Waals surface area contributed by atoms with Gasteiger partial charge in [-0.1, -0.05) is 48.2 Å². The first kappa shape index (κ1) is 24.3. The summed E-state index contributed by atoms with van der Waals surface area (Å²) in [7, 11) is 0. The molecule has 1 aliphatic heterocycles. The summed E-state index contributed by atoms with van der Waals surface area (Å²) in [6.07, 6.45) is 6.71. The molecule has 0 atom stereocenters. The van der Waals surface area contributed by atoms with Gasteiger partial charge in [-0.15, -0.1) is 10.2 Å². The maximum absolute atomic E-state index is 13.1. The molecule has 7 heteroatoms. The minimum Gasteiger partial charge on any atom is -0.342 e. The van der Waals surface area contributed by atoms with Crippen LogP contribution in [0.3, 0.4) is 0 Å². The van der Waals surface area contributed by atoms with Gasteiger partial charge in [-0.3, -0.25) is 14.3 Å². The van der Waals surface area contributed by atoms with Crippen LogP contribution in [0.4, 0.5) is 0 Å². The lowest BCUT2D eigenvalue weighted by molar-refractivity contribution is -0.129. The van der Waals surface area contributed by atoms with Crippen LogP contribution in [0.15, 0.2) is 78.2 Å². The summed E-state index contributed by atoms with van der Waals surface area (Å²) >= 11 is 1.46. The number of nitrogens with zero attached hydrogens (tertiary/aromatic N) is 5. The fourth-order valence-electron chi connectivity index (χ4n) is 4.70. The Morgan fingerprint density at radius 3 is 2.42 bits per heavy atom. The topological polar surface area (TPSA) is 63.9 Å². The zero-order valence-electron chi connectivity index (χ0n) is 20.8. The van der Waals surface area contributed by atoms with Crippen molar-refractivity contribution in [1.29, 1.82) is 0 Å². The van der Waals surface area contributed by atoms with Gasteiger partial charge in [0.25, 0.3) is 0 Å². The lowest BCUT2D eigenvalue weighted by Crippen LogP contribution is -2.39. The van der Waals surface area contributed by atoms with E-state index in [1.54, 1.807) is 12.4 Å². The summed E-state index contributed by atoms with van der Waals surface area (Å²) in [6.45, 7) is 5.85. The highest BCUT2D eigenvalue weighted by Gasteiger charge is 2.24. The molecule has 36 heavy (non-hydrogen) atoms. The van der Waals surface area contributed by atoms with E-state index in [4.69, 9.17) is 0 Å². The van der Waals surface area contributed by atoms with Gasteiger partial charge >= 0.3 is 0 Å². The van der Waals surface area contributed by atoms with Crippen LogP contribution in [-0.2, 0) is 11.2 Å². The Balaban J connectivity index is 1.27. The molecule has 1 aliphatic rings. The van der Waals surface area contributed by atoms with E-state index in [1.165, 1.54) is 28.5 Å². The summed E-state index contributed by atoms with van der Waals surface area (Å²) in [5.41, 5.74) is 5.75. The van der Waals surface area contributed by atoms with Crippen molar-refractivity contribution in [1.82, 2.24) is 24.6 Å². The van der Waals surface area contributed by atoms with Crippen molar-refractivity contribution in [3.63, 3.8) is 0 Å². The Kier molecular flexibility index (Phi) is 7.47. The molecule has 4 aromatic rings. The van der Waals surface area contributed by atoms with Crippen LogP contribution in [0.1, 0.15) is 29.5 Å². The molecule has 0 N–H and O–H groups in total. The van der Waals surface area contributed by atoms with Crippen molar-refractivity contribution >= 4 is 17.7 Å². The fraction of sp³-hybridized carbons (Fsp3) is 0.310. The molecular formula is C29H31N5OS. The van der Waals surface area contributed by atoms with Gasteiger partial charge in [0.2, 0.25) is 5.91 Å². The van der Waals surface area contributed by atoms with Crippen molar-refractivity contribution in [3.8, 4) is 17.1 Å². The highest BCUT2D eigenvalue weighted by molar-refractivity contribution is 7.99. The third kappa shape index (κ3) is 5.51. The Morgan fingerprint density at radius 1 is 0.944 bits per heavy atom. The quantitative estimate of drug-likeness (QED) is 0.315. The first-order valence-electron chi connectivity index (χ1n) is 12.5. The van der Waals surface area contributed by atoms with Crippen LogP contribution >= 0.6 is 11.8 Å². The van der Waals surface area contributed by atoms with E-state index in [0.29, 0.717) is 11.7 Å². The van der Waals surface area contributed by atoms with E-state index < -0.39 is 0 Å². The SMILES string of the molecule is Cc1ccc(-n2c(SCC(=O)N3CCC(Cc4ccccc4)CC3)nnc2-c2ccncc2)cc1C.